The van der Waals surface area contributed by atoms with E-state index in [1.807, 2.05) is 36.4 Å². The monoisotopic (exact) mass is 263 g/mol. The van der Waals surface area contributed by atoms with Gasteiger partial charge in [0, 0.05) is 11.1 Å². The van der Waals surface area contributed by atoms with Gasteiger partial charge in [0.05, 0.1) is 11.4 Å². The maximum atomic E-state index is 13.0. The molecular formula is C18H14FN. The van der Waals surface area contributed by atoms with Crippen molar-refractivity contribution in [3.05, 3.63) is 83.2 Å². The Balaban J connectivity index is 2.11. The maximum Gasteiger partial charge on any atom is 0.123 e. The van der Waals surface area contributed by atoms with Crippen LogP contribution in [-0.4, -0.2) is 5.71 Å². The van der Waals surface area contributed by atoms with Gasteiger partial charge in [0.2, 0.25) is 0 Å². The van der Waals surface area contributed by atoms with Crippen LogP contribution in [0.2, 0.25) is 0 Å². The normalized spacial score (nSPS) is 16.6. The van der Waals surface area contributed by atoms with Gasteiger partial charge in [-0.2, -0.15) is 0 Å². The number of rotatable bonds is 1. The lowest BCUT2D eigenvalue weighted by Gasteiger charge is -2.08. The second kappa shape index (κ2) is 5.25. The minimum Gasteiger partial charge on any atom is -0.248 e. The minimum absolute atomic E-state index is 0.236. The van der Waals surface area contributed by atoms with Crippen LogP contribution in [-0.2, 0) is 0 Å². The molecule has 20 heavy (non-hydrogen) atoms. The van der Waals surface area contributed by atoms with Crippen molar-refractivity contribution in [1.82, 2.24) is 0 Å². The van der Waals surface area contributed by atoms with Crippen molar-refractivity contribution in [1.29, 1.82) is 0 Å². The average molecular weight is 263 g/mol. The van der Waals surface area contributed by atoms with Gasteiger partial charge >= 0.3 is 0 Å². The van der Waals surface area contributed by atoms with Crippen LogP contribution in [0.15, 0.2) is 65.7 Å². The van der Waals surface area contributed by atoms with E-state index in [0.717, 1.165) is 22.5 Å². The van der Waals surface area contributed by atoms with Crippen LogP contribution in [0.4, 0.5) is 10.1 Å². The van der Waals surface area contributed by atoms with Crippen molar-refractivity contribution in [2.24, 2.45) is 4.99 Å². The number of allylic oxidation sites excluding steroid dienone is 3. The fraction of sp³-hybridized carbons (Fsp3) is 0.0556. The molecule has 0 fully saturated rings. The number of aryl methyl sites for hydroxylation is 1. The summed E-state index contributed by atoms with van der Waals surface area (Å²) in [4.78, 5) is 4.70. The molecule has 0 aliphatic carbocycles. The number of benzene rings is 2. The van der Waals surface area contributed by atoms with Crippen molar-refractivity contribution >= 4 is 17.5 Å². The van der Waals surface area contributed by atoms with Gasteiger partial charge in [0.25, 0.3) is 0 Å². The molecule has 0 aromatic heterocycles. The summed E-state index contributed by atoms with van der Waals surface area (Å²) in [6.45, 7) is 2.06. The predicted octanol–water partition coefficient (Wildman–Crippen LogP) is 4.84. The molecule has 0 atom stereocenters. The zero-order valence-electron chi connectivity index (χ0n) is 11.2. The molecule has 0 amide bonds. The molecule has 98 valence electrons. The van der Waals surface area contributed by atoms with Gasteiger partial charge in [-0.3, -0.25) is 0 Å². The highest BCUT2D eigenvalue weighted by molar-refractivity contribution is 6.10. The summed E-state index contributed by atoms with van der Waals surface area (Å²) in [7, 11) is 0. The molecule has 1 aliphatic rings. The zero-order valence-corrected chi connectivity index (χ0v) is 11.2. The lowest BCUT2D eigenvalue weighted by Crippen LogP contribution is -1.97. The molecule has 1 nitrogen and oxygen atoms in total. The van der Waals surface area contributed by atoms with Gasteiger partial charge in [0.1, 0.15) is 5.82 Å². The second-order valence-corrected chi connectivity index (χ2v) is 4.78. The number of nitrogens with zero attached hydrogens (tertiary/aromatic N) is 1. The third-order valence-corrected chi connectivity index (χ3v) is 3.20. The Labute approximate surface area is 117 Å². The van der Waals surface area contributed by atoms with E-state index in [4.69, 9.17) is 4.99 Å². The average Bonchev–Trinajstić information content (AvgIpc) is 2.42. The first-order chi connectivity index (χ1) is 9.72. The molecule has 2 aromatic rings. The van der Waals surface area contributed by atoms with Gasteiger partial charge in [0.15, 0.2) is 0 Å². The molecule has 2 heteroatoms. The van der Waals surface area contributed by atoms with E-state index >= 15 is 0 Å². The van der Waals surface area contributed by atoms with Gasteiger partial charge in [-0.25, -0.2) is 9.38 Å². The Morgan fingerprint density at radius 1 is 0.900 bits per heavy atom. The van der Waals surface area contributed by atoms with E-state index < -0.39 is 0 Å². The summed E-state index contributed by atoms with van der Waals surface area (Å²) >= 11 is 0. The standard InChI is InChI=1S/C18H14FN/c1-13-6-11-18-15(12-13)4-2-3-5-17(20-18)14-7-9-16(19)10-8-14/h2-12H,1H3/b3-2?,4-2-,5-3-,15-4?,17-5?,20-17?,20-18?. The Kier molecular flexibility index (Phi) is 3.30. The molecule has 2 aromatic carbocycles. The second-order valence-electron chi connectivity index (χ2n) is 4.78. The Morgan fingerprint density at radius 2 is 1.65 bits per heavy atom. The van der Waals surface area contributed by atoms with Crippen molar-refractivity contribution < 1.29 is 4.39 Å². The Hall–Kier alpha value is -2.48. The van der Waals surface area contributed by atoms with Crippen LogP contribution in [0.5, 0.6) is 0 Å². The number of aliphatic imine (C=N–C) groups is 1. The van der Waals surface area contributed by atoms with E-state index in [1.165, 1.54) is 17.7 Å². The number of fused-ring (bicyclic) bond motifs is 1. The summed E-state index contributed by atoms with van der Waals surface area (Å²) in [5.74, 6) is -0.236. The van der Waals surface area contributed by atoms with E-state index in [-0.39, 0.29) is 5.82 Å². The molecular weight excluding hydrogens is 249 g/mol. The molecule has 0 bridgehead atoms. The van der Waals surface area contributed by atoms with Crippen LogP contribution >= 0.6 is 0 Å². The van der Waals surface area contributed by atoms with E-state index in [0.29, 0.717) is 0 Å². The van der Waals surface area contributed by atoms with Crippen LogP contribution < -0.4 is 0 Å². The first kappa shape index (κ1) is 12.5. The summed E-state index contributed by atoms with van der Waals surface area (Å²) in [6.07, 6.45) is 7.93. The molecule has 1 aliphatic heterocycles. The molecule has 0 radical (unpaired) electrons. The van der Waals surface area contributed by atoms with Crippen molar-refractivity contribution in [2.45, 2.75) is 6.92 Å². The van der Waals surface area contributed by atoms with E-state index in [2.05, 4.69) is 13.0 Å². The molecule has 0 N–H and O–H groups in total. The molecule has 0 saturated carbocycles. The number of hydrogen-bond donors (Lipinski definition) is 0. The van der Waals surface area contributed by atoms with Gasteiger partial charge < -0.3 is 0 Å². The number of halogens is 1. The third-order valence-electron chi connectivity index (χ3n) is 3.20. The Bertz CT molecular complexity index is 722. The lowest BCUT2D eigenvalue weighted by atomic mass is 10.1. The van der Waals surface area contributed by atoms with Crippen LogP contribution in [0.1, 0.15) is 16.7 Å². The lowest BCUT2D eigenvalue weighted by molar-refractivity contribution is 0.628. The van der Waals surface area contributed by atoms with Crippen LogP contribution in [0.25, 0.3) is 6.08 Å². The molecule has 0 unspecified atom stereocenters. The van der Waals surface area contributed by atoms with Crippen LogP contribution in [0, 0.1) is 12.7 Å². The summed E-state index contributed by atoms with van der Waals surface area (Å²) in [6, 6.07) is 12.6. The maximum absolute atomic E-state index is 13.0. The van der Waals surface area contributed by atoms with E-state index in [9.17, 15) is 4.39 Å². The summed E-state index contributed by atoms with van der Waals surface area (Å²) in [5, 5.41) is 0. The highest BCUT2D eigenvalue weighted by Crippen LogP contribution is 2.25. The van der Waals surface area contributed by atoms with Crippen molar-refractivity contribution in [3.63, 3.8) is 0 Å². The molecule has 3 rings (SSSR count). The predicted molar refractivity (Wildman–Crippen MR) is 82.0 cm³/mol. The number of hydrogen-bond acceptors (Lipinski definition) is 1. The Morgan fingerprint density at radius 3 is 2.45 bits per heavy atom. The molecule has 1 heterocycles. The first-order valence-electron chi connectivity index (χ1n) is 6.52. The molecule has 0 saturated heterocycles. The smallest absolute Gasteiger partial charge is 0.123 e. The SMILES string of the molecule is Cc1ccc2c(c1)/C=C\C=C/C(c1ccc(F)cc1)=N2. The van der Waals surface area contributed by atoms with Crippen molar-refractivity contribution in [3.8, 4) is 0 Å². The van der Waals surface area contributed by atoms with Gasteiger partial charge in [-0.05, 0) is 49.4 Å². The topological polar surface area (TPSA) is 12.4 Å². The minimum atomic E-state index is -0.236. The largest absolute Gasteiger partial charge is 0.248 e. The van der Waals surface area contributed by atoms with Crippen molar-refractivity contribution in [2.75, 3.05) is 0 Å². The highest BCUT2D eigenvalue weighted by atomic mass is 19.1. The van der Waals surface area contributed by atoms with Gasteiger partial charge in [-0.1, -0.05) is 29.9 Å². The quantitative estimate of drug-likeness (QED) is 0.698. The molecule has 0 spiro atoms. The zero-order chi connectivity index (χ0) is 13.9. The summed E-state index contributed by atoms with van der Waals surface area (Å²) < 4.78 is 13.0. The first-order valence-corrected chi connectivity index (χ1v) is 6.52. The summed E-state index contributed by atoms with van der Waals surface area (Å²) in [5.41, 5.74) is 4.96. The fourth-order valence-corrected chi connectivity index (χ4v) is 2.16. The van der Waals surface area contributed by atoms with E-state index in [1.54, 1.807) is 12.1 Å². The van der Waals surface area contributed by atoms with Gasteiger partial charge in [-0.15, -0.1) is 0 Å². The highest BCUT2D eigenvalue weighted by Gasteiger charge is 2.05. The fourth-order valence-electron chi connectivity index (χ4n) is 2.16. The third kappa shape index (κ3) is 2.59. The van der Waals surface area contributed by atoms with Crippen LogP contribution in [0.3, 0.4) is 0 Å².